The Bertz CT molecular complexity index is 473. The Morgan fingerprint density at radius 1 is 1.24 bits per heavy atom. The van der Waals surface area contributed by atoms with E-state index in [-0.39, 0.29) is 0 Å². The summed E-state index contributed by atoms with van der Waals surface area (Å²) in [6, 6.07) is 2.74. The SMILES string of the molecule is CNc1cc(N2CCCC2C2CCCC2)nc(COC)n1. The molecule has 116 valence electrons. The number of rotatable bonds is 5. The van der Waals surface area contributed by atoms with Crippen molar-refractivity contribution in [1.82, 2.24) is 9.97 Å². The normalized spacial score (nSPS) is 23.0. The van der Waals surface area contributed by atoms with E-state index in [1.54, 1.807) is 7.11 Å². The van der Waals surface area contributed by atoms with Gasteiger partial charge in [-0.2, -0.15) is 0 Å². The summed E-state index contributed by atoms with van der Waals surface area (Å²) < 4.78 is 5.20. The molecular weight excluding hydrogens is 264 g/mol. The lowest BCUT2D eigenvalue weighted by Gasteiger charge is -2.30. The summed E-state index contributed by atoms with van der Waals surface area (Å²) in [5.41, 5.74) is 0. The smallest absolute Gasteiger partial charge is 0.158 e. The number of methoxy groups -OCH3 is 1. The van der Waals surface area contributed by atoms with Crippen molar-refractivity contribution in [2.45, 2.75) is 51.2 Å². The second-order valence-electron chi connectivity index (χ2n) is 6.16. The van der Waals surface area contributed by atoms with Gasteiger partial charge >= 0.3 is 0 Å². The molecule has 0 amide bonds. The Kier molecular flexibility index (Phi) is 4.58. The van der Waals surface area contributed by atoms with E-state index < -0.39 is 0 Å². The van der Waals surface area contributed by atoms with Gasteiger partial charge in [-0.1, -0.05) is 12.8 Å². The maximum atomic E-state index is 5.20. The molecule has 0 aromatic carbocycles. The minimum Gasteiger partial charge on any atom is -0.377 e. The van der Waals surface area contributed by atoms with Crippen LogP contribution >= 0.6 is 0 Å². The number of hydrogen-bond acceptors (Lipinski definition) is 5. The van der Waals surface area contributed by atoms with Crippen molar-refractivity contribution in [3.63, 3.8) is 0 Å². The van der Waals surface area contributed by atoms with E-state index in [1.165, 1.54) is 38.5 Å². The number of ether oxygens (including phenoxy) is 1. The van der Waals surface area contributed by atoms with E-state index >= 15 is 0 Å². The number of anilines is 2. The van der Waals surface area contributed by atoms with Gasteiger partial charge in [0.1, 0.15) is 18.2 Å². The topological polar surface area (TPSA) is 50.3 Å². The standard InChI is InChI=1S/C16H26N4O/c1-17-14-10-16(19-15(18-14)11-21-2)20-9-5-8-13(20)12-6-3-4-7-12/h10,12-13H,3-9,11H2,1-2H3,(H,17,18,19). The summed E-state index contributed by atoms with van der Waals surface area (Å²) in [7, 11) is 3.59. The van der Waals surface area contributed by atoms with Crippen LogP contribution in [0.2, 0.25) is 0 Å². The minimum atomic E-state index is 0.463. The third-order valence-corrected chi connectivity index (χ3v) is 4.83. The third kappa shape index (κ3) is 3.12. The average molecular weight is 290 g/mol. The third-order valence-electron chi connectivity index (χ3n) is 4.83. The molecule has 1 saturated heterocycles. The molecule has 1 aromatic rings. The molecule has 1 atom stereocenters. The van der Waals surface area contributed by atoms with Crippen LogP contribution in [-0.2, 0) is 11.3 Å². The van der Waals surface area contributed by atoms with Crippen LogP contribution in [0, 0.1) is 5.92 Å². The van der Waals surface area contributed by atoms with Crippen molar-refractivity contribution in [3.05, 3.63) is 11.9 Å². The Morgan fingerprint density at radius 3 is 2.76 bits per heavy atom. The van der Waals surface area contributed by atoms with Gasteiger partial charge in [-0.05, 0) is 31.6 Å². The van der Waals surface area contributed by atoms with Gasteiger partial charge in [0.25, 0.3) is 0 Å². The van der Waals surface area contributed by atoms with E-state index in [1.807, 2.05) is 7.05 Å². The van der Waals surface area contributed by atoms with Gasteiger partial charge in [-0.25, -0.2) is 9.97 Å². The van der Waals surface area contributed by atoms with E-state index in [0.29, 0.717) is 12.6 Å². The molecule has 2 aliphatic rings. The zero-order valence-electron chi connectivity index (χ0n) is 13.1. The van der Waals surface area contributed by atoms with Crippen molar-refractivity contribution < 1.29 is 4.74 Å². The Hall–Kier alpha value is -1.36. The molecule has 21 heavy (non-hydrogen) atoms. The zero-order chi connectivity index (χ0) is 14.7. The first-order valence-corrected chi connectivity index (χ1v) is 8.13. The second-order valence-corrected chi connectivity index (χ2v) is 6.16. The fourth-order valence-electron chi connectivity index (χ4n) is 3.86. The second kappa shape index (κ2) is 6.60. The number of nitrogens with zero attached hydrogens (tertiary/aromatic N) is 3. The quantitative estimate of drug-likeness (QED) is 0.903. The molecule has 3 rings (SSSR count). The van der Waals surface area contributed by atoms with Crippen molar-refractivity contribution >= 4 is 11.6 Å². The zero-order valence-corrected chi connectivity index (χ0v) is 13.1. The van der Waals surface area contributed by atoms with Gasteiger partial charge in [0.15, 0.2) is 5.82 Å². The predicted octanol–water partition coefficient (Wildman–Crippen LogP) is 2.82. The van der Waals surface area contributed by atoms with E-state index in [0.717, 1.165) is 29.9 Å². The summed E-state index contributed by atoms with van der Waals surface area (Å²) in [5, 5.41) is 3.14. The molecule has 1 aliphatic carbocycles. The van der Waals surface area contributed by atoms with Crippen LogP contribution in [0.15, 0.2) is 6.07 Å². The Morgan fingerprint density at radius 2 is 2.05 bits per heavy atom. The van der Waals surface area contributed by atoms with E-state index in [2.05, 4.69) is 21.3 Å². The fourth-order valence-corrected chi connectivity index (χ4v) is 3.86. The summed E-state index contributed by atoms with van der Waals surface area (Å²) >= 11 is 0. The van der Waals surface area contributed by atoms with Crippen molar-refractivity contribution in [3.8, 4) is 0 Å². The molecule has 0 spiro atoms. The van der Waals surface area contributed by atoms with Crippen LogP contribution in [0.5, 0.6) is 0 Å². The highest BCUT2D eigenvalue weighted by Gasteiger charge is 2.34. The first-order chi connectivity index (χ1) is 10.3. The monoisotopic (exact) mass is 290 g/mol. The predicted molar refractivity (Wildman–Crippen MR) is 84.6 cm³/mol. The molecule has 1 N–H and O–H groups in total. The highest BCUT2D eigenvalue weighted by Crippen LogP contribution is 2.37. The lowest BCUT2D eigenvalue weighted by atomic mass is 9.96. The molecule has 5 heteroatoms. The average Bonchev–Trinajstić information content (AvgIpc) is 3.17. The maximum absolute atomic E-state index is 5.20. The number of hydrogen-bond donors (Lipinski definition) is 1. The van der Waals surface area contributed by atoms with Crippen molar-refractivity contribution in [1.29, 1.82) is 0 Å². The van der Waals surface area contributed by atoms with Gasteiger partial charge in [0, 0.05) is 32.8 Å². The van der Waals surface area contributed by atoms with Crippen LogP contribution in [0.25, 0.3) is 0 Å². The molecule has 1 unspecified atom stereocenters. The van der Waals surface area contributed by atoms with Gasteiger partial charge in [0.05, 0.1) is 0 Å². The van der Waals surface area contributed by atoms with Gasteiger partial charge in [0.2, 0.25) is 0 Å². The number of nitrogens with one attached hydrogen (secondary N) is 1. The summed E-state index contributed by atoms with van der Waals surface area (Å²) in [5.74, 6) is 3.56. The van der Waals surface area contributed by atoms with E-state index in [9.17, 15) is 0 Å². The first-order valence-electron chi connectivity index (χ1n) is 8.13. The van der Waals surface area contributed by atoms with Crippen LogP contribution in [0.4, 0.5) is 11.6 Å². The fraction of sp³-hybridized carbons (Fsp3) is 0.750. The maximum Gasteiger partial charge on any atom is 0.158 e. The van der Waals surface area contributed by atoms with Crippen molar-refractivity contribution in [2.24, 2.45) is 5.92 Å². The molecule has 0 radical (unpaired) electrons. The minimum absolute atomic E-state index is 0.463. The summed E-state index contributed by atoms with van der Waals surface area (Å²) in [6.07, 6.45) is 8.15. The number of aromatic nitrogens is 2. The van der Waals surface area contributed by atoms with E-state index in [4.69, 9.17) is 9.72 Å². The van der Waals surface area contributed by atoms with Gasteiger partial charge in [-0.15, -0.1) is 0 Å². The summed E-state index contributed by atoms with van der Waals surface area (Å²) in [4.78, 5) is 11.7. The Balaban J connectivity index is 1.85. The molecular formula is C16H26N4O. The lowest BCUT2D eigenvalue weighted by molar-refractivity contribution is 0.178. The lowest BCUT2D eigenvalue weighted by Crippen LogP contribution is -2.35. The van der Waals surface area contributed by atoms with Crippen LogP contribution in [0.1, 0.15) is 44.3 Å². The molecule has 2 heterocycles. The Labute approximate surface area is 127 Å². The first kappa shape index (κ1) is 14.6. The van der Waals surface area contributed by atoms with Crippen LogP contribution in [0.3, 0.4) is 0 Å². The largest absolute Gasteiger partial charge is 0.377 e. The molecule has 2 fully saturated rings. The molecule has 1 aromatic heterocycles. The molecule has 1 aliphatic heterocycles. The van der Waals surface area contributed by atoms with Crippen LogP contribution < -0.4 is 10.2 Å². The van der Waals surface area contributed by atoms with Crippen molar-refractivity contribution in [2.75, 3.05) is 30.9 Å². The van der Waals surface area contributed by atoms with Gasteiger partial charge < -0.3 is 15.0 Å². The molecule has 5 nitrogen and oxygen atoms in total. The molecule has 1 saturated carbocycles. The highest BCUT2D eigenvalue weighted by molar-refractivity contribution is 5.50. The highest BCUT2D eigenvalue weighted by atomic mass is 16.5. The van der Waals surface area contributed by atoms with Crippen LogP contribution in [-0.4, -0.2) is 36.7 Å². The molecule has 0 bridgehead atoms. The van der Waals surface area contributed by atoms with Gasteiger partial charge in [-0.3, -0.25) is 0 Å². The summed E-state index contributed by atoms with van der Waals surface area (Å²) in [6.45, 7) is 1.58.